The molecule has 0 bridgehead atoms. The molecule has 4 heteroatoms. The summed E-state index contributed by atoms with van der Waals surface area (Å²) in [5, 5.41) is 0.684. The minimum absolute atomic E-state index is 0.0809. The molecule has 3 nitrogen and oxygen atoms in total. The number of nitrogens with two attached hydrogens (primary N) is 1. The SMILES string of the molecule is COCCCCOc1ccc(Cl)cc1[C@H](C)N. The van der Waals surface area contributed by atoms with Crippen LogP contribution in [0.2, 0.25) is 5.02 Å². The molecule has 0 heterocycles. The Kier molecular flexibility index (Phi) is 6.34. The molecule has 1 atom stereocenters. The lowest BCUT2D eigenvalue weighted by Gasteiger charge is -2.14. The van der Waals surface area contributed by atoms with Gasteiger partial charge in [-0.25, -0.2) is 0 Å². The summed E-state index contributed by atoms with van der Waals surface area (Å²) in [5.74, 6) is 0.821. The van der Waals surface area contributed by atoms with E-state index >= 15 is 0 Å². The second-order valence-corrected chi connectivity index (χ2v) is 4.46. The first kappa shape index (κ1) is 14.3. The van der Waals surface area contributed by atoms with Crippen molar-refractivity contribution < 1.29 is 9.47 Å². The third-order valence-corrected chi connectivity index (χ3v) is 2.70. The largest absolute Gasteiger partial charge is 0.493 e. The first-order chi connectivity index (χ1) is 8.15. The molecule has 0 aliphatic rings. The topological polar surface area (TPSA) is 44.5 Å². The molecular weight excluding hydrogens is 238 g/mol. The first-order valence-corrected chi connectivity index (χ1v) is 6.19. The first-order valence-electron chi connectivity index (χ1n) is 5.82. The zero-order valence-corrected chi connectivity index (χ0v) is 11.2. The monoisotopic (exact) mass is 257 g/mol. The van der Waals surface area contributed by atoms with Gasteiger partial charge < -0.3 is 15.2 Å². The number of rotatable bonds is 7. The van der Waals surface area contributed by atoms with E-state index in [1.54, 1.807) is 7.11 Å². The fourth-order valence-corrected chi connectivity index (χ4v) is 1.72. The Hall–Kier alpha value is -0.770. The minimum Gasteiger partial charge on any atom is -0.493 e. The van der Waals surface area contributed by atoms with Crippen LogP contribution in [0.5, 0.6) is 5.75 Å². The average Bonchev–Trinajstić information content (AvgIpc) is 2.30. The molecule has 0 unspecified atom stereocenters. The molecule has 0 fully saturated rings. The summed E-state index contributed by atoms with van der Waals surface area (Å²) in [6.45, 7) is 3.36. The van der Waals surface area contributed by atoms with Gasteiger partial charge in [0.2, 0.25) is 0 Å². The van der Waals surface area contributed by atoms with Crippen molar-refractivity contribution in [3.63, 3.8) is 0 Å². The van der Waals surface area contributed by atoms with Crippen LogP contribution >= 0.6 is 11.6 Å². The molecular formula is C13H20ClNO2. The Morgan fingerprint density at radius 2 is 2.00 bits per heavy atom. The van der Waals surface area contributed by atoms with Crippen LogP contribution in [-0.2, 0) is 4.74 Å². The van der Waals surface area contributed by atoms with E-state index in [0.29, 0.717) is 11.6 Å². The zero-order chi connectivity index (χ0) is 12.7. The molecule has 1 aromatic rings. The summed E-state index contributed by atoms with van der Waals surface area (Å²) in [4.78, 5) is 0. The summed E-state index contributed by atoms with van der Waals surface area (Å²) in [6, 6.07) is 5.47. The van der Waals surface area contributed by atoms with Crippen molar-refractivity contribution in [2.75, 3.05) is 20.3 Å². The Balaban J connectivity index is 2.52. The molecule has 0 spiro atoms. The second-order valence-electron chi connectivity index (χ2n) is 4.02. The van der Waals surface area contributed by atoms with Gasteiger partial charge in [0, 0.05) is 30.3 Å². The van der Waals surface area contributed by atoms with Crippen molar-refractivity contribution in [2.24, 2.45) is 5.73 Å². The Labute approximate surface area is 108 Å². The van der Waals surface area contributed by atoms with Crippen LogP contribution in [0.1, 0.15) is 31.4 Å². The summed E-state index contributed by atoms with van der Waals surface area (Å²) < 4.78 is 10.7. The van der Waals surface area contributed by atoms with Crippen molar-refractivity contribution in [2.45, 2.75) is 25.8 Å². The Bertz CT molecular complexity index is 342. The molecule has 1 rings (SSSR count). The van der Waals surface area contributed by atoms with E-state index in [2.05, 4.69) is 0 Å². The van der Waals surface area contributed by atoms with E-state index in [9.17, 15) is 0 Å². The van der Waals surface area contributed by atoms with Crippen molar-refractivity contribution in [1.29, 1.82) is 0 Å². The van der Waals surface area contributed by atoms with Gasteiger partial charge in [0.1, 0.15) is 5.75 Å². The van der Waals surface area contributed by atoms with Crippen LogP contribution in [0.15, 0.2) is 18.2 Å². The highest BCUT2D eigenvalue weighted by Crippen LogP contribution is 2.27. The van der Waals surface area contributed by atoms with Gasteiger partial charge in [-0.3, -0.25) is 0 Å². The molecule has 0 aromatic heterocycles. The van der Waals surface area contributed by atoms with Gasteiger partial charge in [0.15, 0.2) is 0 Å². The van der Waals surface area contributed by atoms with Crippen LogP contribution in [-0.4, -0.2) is 20.3 Å². The number of halogens is 1. The lowest BCUT2D eigenvalue weighted by atomic mass is 10.1. The molecule has 0 aliphatic carbocycles. The molecule has 0 saturated carbocycles. The van der Waals surface area contributed by atoms with E-state index in [1.165, 1.54) is 0 Å². The van der Waals surface area contributed by atoms with Crippen LogP contribution < -0.4 is 10.5 Å². The van der Waals surface area contributed by atoms with Crippen LogP contribution in [0.3, 0.4) is 0 Å². The van der Waals surface area contributed by atoms with Gasteiger partial charge in [-0.15, -0.1) is 0 Å². The lowest BCUT2D eigenvalue weighted by Crippen LogP contribution is -2.09. The predicted octanol–water partition coefficient (Wildman–Crippen LogP) is 3.17. The minimum atomic E-state index is -0.0809. The zero-order valence-electron chi connectivity index (χ0n) is 10.4. The second kappa shape index (κ2) is 7.54. The Morgan fingerprint density at radius 1 is 1.29 bits per heavy atom. The Morgan fingerprint density at radius 3 is 2.65 bits per heavy atom. The number of unbranched alkanes of at least 4 members (excludes halogenated alkanes) is 1. The van der Waals surface area contributed by atoms with Crippen LogP contribution in [0.25, 0.3) is 0 Å². The highest BCUT2D eigenvalue weighted by atomic mass is 35.5. The van der Waals surface area contributed by atoms with E-state index in [-0.39, 0.29) is 6.04 Å². The number of ether oxygens (including phenoxy) is 2. The van der Waals surface area contributed by atoms with E-state index in [1.807, 2.05) is 25.1 Å². The van der Waals surface area contributed by atoms with Crippen LogP contribution in [0, 0.1) is 0 Å². The molecule has 96 valence electrons. The maximum absolute atomic E-state index is 5.94. The molecule has 0 radical (unpaired) electrons. The van der Waals surface area contributed by atoms with E-state index in [4.69, 9.17) is 26.8 Å². The summed E-state index contributed by atoms with van der Waals surface area (Å²) >= 11 is 5.94. The number of methoxy groups -OCH3 is 1. The lowest BCUT2D eigenvalue weighted by molar-refractivity contribution is 0.184. The summed E-state index contributed by atoms with van der Waals surface area (Å²) in [7, 11) is 1.70. The fourth-order valence-electron chi connectivity index (χ4n) is 1.54. The maximum atomic E-state index is 5.94. The standard InChI is InChI=1S/C13H20ClNO2/c1-10(15)12-9-11(14)5-6-13(12)17-8-4-3-7-16-2/h5-6,9-10H,3-4,7-8,15H2,1-2H3/t10-/m0/s1. The van der Waals surface area contributed by atoms with Gasteiger partial charge in [-0.2, -0.15) is 0 Å². The highest BCUT2D eigenvalue weighted by molar-refractivity contribution is 6.30. The van der Waals surface area contributed by atoms with Gasteiger partial charge in [0.05, 0.1) is 6.61 Å². The molecule has 0 saturated heterocycles. The van der Waals surface area contributed by atoms with Crippen LogP contribution in [0.4, 0.5) is 0 Å². The third-order valence-electron chi connectivity index (χ3n) is 2.46. The number of hydrogen-bond acceptors (Lipinski definition) is 3. The molecule has 0 amide bonds. The van der Waals surface area contributed by atoms with E-state index in [0.717, 1.165) is 30.8 Å². The van der Waals surface area contributed by atoms with Crippen molar-refractivity contribution in [3.8, 4) is 5.75 Å². The summed E-state index contributed by atoms with van der Waals surface area (Å²) in [6.07, 6.45) is 1.96. The number of hydrogen-bond donors (Lipinski definition) is 1. The fraction of sp³-hybridized carbons (Fsp3) is 0.538. The number of benzene rings is 1. The third kappa shape index (κ3) is 4.94. The van der Waals surface area contributed by atoms with Crippen molar-refractivity contribution in [1.82, 2.24) is 0 Å². The average molecular weight is 258 g/mol. The smallest absolute Gasteiger partial charge is 0.124 e. The predicted molar refractivity (Wildman–Crippen MR) is 70.7 cm³/mol. The highest BCUT2D eigenvalue weighted by Gasteiger charge is 2.08. The van der Waals surface area contributed by atoms with Gasteiger partial charge in [-0.05, 0) is 38.0 Å². The maximum Gasteiger partial charge on any atom is 0.124 e. The molecule has 17 heavy (non-hydrogen) atoms. The molecule has 2 N–H and O–H groups in total. The quantitative estimate of drug-likeness (QED) is 0.763. The normalized spacial score (nSPS) is 12.5. The van der Waals surface area contributed by atoms with Crippen molar-refractivity contribution in [3.05, 3.63) is 28.8 Å². The van der Waals surface area contributed by atoms with Gasteiger partial charge in [-0.1, -0.05) is 11.6 Å². The van der Waals surface area contributed by atoms with Crippen molar-refractivity contribution >= 4 is 11.6 Å². The summed E-state index contributed by atoms with van der Waals surface area (Å²) in [5.41, 5.74) is 6.83. The van der Waals surface area contributed by atoms with Gasteiger partial charge in [0.25, 0.3) is 0 Å². The molecule has 0 aliphatic heterocycles. The van der Waals surface area contributed by atoms with Gasteiger partial charge >= 0.3 is 0 Å². The molecule has 1 aromatic carbocycles. The van der Waals surface area contributed by atoms with E-state index < -0.39 is 0 Å².